The van der Waals surface area contributed by atoms with E-state index in [1.54, 1.807) is 31.2 Å². The number of esters is 1. The van der Waals surface area contributed by atoms with Gasteiger partial charge in [0.15, 0.2) is 0 Å². The first-order chi connectivity index (χ1) is 15.4. The number of benzene rings is 1. The molecule has 170 valence electrons. The molecule has 0 fully saturated rings. The molecule has 9 heteroatoms. The van der Waals surface area contributed by atoms with Gasteiger partial charge in [0.1, 0.15) is 10.8 Å². The Morgan fingerprint density at radius 2 is 1.91 bits per heavy atom. The zero-order valence-corrected chi connectivity index (χ0v) is 19.2. The van der Waals surface area contributed by atoms with Gasteiger partial charge in [-0.1, -0.05) is 6.92 Å². The summed E-state index contributed by atoms with van der Waals surface area (Å²) in [6, 6.07) is 7.14. The van der Waals surface area contributed by atoms with E-state index < -0.39 is 17.8 Å². The molecule has 0 saturated heterocycles. The van der Waals surface area contributed by atoms with Gasteiger partial charge in [-0.2, -0.15) is 5.10 Å². The highest BCUT2D eigenvalue weighted by Gasteiger charge is 2.30. The van der Waals surface area contributed by atoms with E-state index in [9.17, 15) is 14.4 Å². The molecule has 1 aromatic carbocycles. The molecule has 2 amide bonds. The number of carbonyl (C=O) groups is 3. The second-order valence-electron chi connectivity index (χ2n) is 7.43. The van der Waals surface area contributed by atoms with Crippen LogP contribution in [0.1, 0.15) is 53.6 Å². The first kappa shape index (κ1) is 23.5. The van der Waals surface area contributed by atoms with Crippen molar-refractivity contribution in [2.75, 3.05) is 18.5 Å². The molecular weight excluding hydrogens is 430 g/mol. The number of carbonyl (C=O) groups excluding carboxylic acids is 3. The zero-order chi connectivity index (χ0) is 23.1. The van der Waals surface area contributed by atoms with Crippen LogP contribution in [0.2, 0.25) is 0 Å². The first-order valence-corrected chi connectivity index (χ1v) is 11.4. The normalized spacial score (nSPS) is 15.2. The Kier molecular flexibility index (Phi) is 7.99. The monoisotopic (exact) mass is 457 g/mol. The lowest BCUT2D eigenvalue weighted by molar-refractivity contribution is -0.136. The summed E-state index contributed by atoms with van der Waals surface area (Å²) < 4.78 is 10.6. The molecule has 8 nitrogen and oxygen atoms in total. The Morgan fingerprint density at radius 1 is 1.16 bits per heavy atom. The molecule has 2 aromatic rings. The standard InChI is InChI=1S/C23H27N3O5S/c1-4-30-16-9-7-15(8-10-16)13-24-26-21(28)20(27)25-22-19(23(29)31-5-2)17-11-6-14(3)12-18(17)32-22/h7-10,13-14H,4-6,11-12H2,1-3H3,(H,25,27)(H,26,28)/b24-13-/t14-/m1/s1. The van der Waals surface area contributed by atoms with Crippen LogP contribution in [0.25, 0.3) is 0 Å². The van der Waals surface area contributed by atoms with Crippen molar-refractivity contribution in [3.8, 4) is 5.75 Å². The molecular formula is C23H27N3O5S. The number of nitrogens with one attached hydrogen (secondary N) is 2. The van der Waals surface area contributed by atoms with Crippen LogP contribution in [0, 0.1) is 5.92 Å². The van der Waals surface area contributed by atoms with Gasteiger partial charge in [0, 0.05) is 4.88 Å². The first-order valence-electron chi connectivity index (χ1n) is 10.6. The van der Waals surface area contributed by atoms with E-state index in [0.717, 1.165) is 41.0 Å². The summed E-state index contributed by atoms with van der Waals surface area (Å²) in [5.41, 5.74) is 4.22. The number of anilines is 1. The van der Waals surface area contributed by atoms with Crippen LogP contribution in [0.15, 0.2) is 29.4 Å². The fourth-order valence-electron chi connectivity index (χ4n) is 3.45. The lowest BCUT2D eigenvalue weighted by atomic mass is 9.88. The van der Waals surface area contributed by atoms with Crippen molar-refractivity contribution in [1.29, 1.82) is 0 Å². The number of amides is 2. The van der Waals surface area contributed by atoms with E-state index in [2.05, 4.69) is 22.8 Å². The zero-order valence-electron chi connectivity index (χ0n) is 18.4. The average molecular weight is 458 g/mol. The van der Waals surface area contributed by atoms with Gasteiger partial charge in [0.25, 0.3) is 0 Å². The number of nitrogens with zero attached hydrogens (tertiary/aromatic N) is 1. The highest BCUT2D eigenvalue weighted by Crippen LogP contribution is 2.40. The van der Waals surface area contributed by atoms with Crippen LogP contribution < -0.4 is 15.5 Å². The molecule has 2 N–H and O–H groups in total. The summed E-state index contributed by atoms with van der Waals surface area (Å²) in [6.07, 6.45) is 3.97. The fourth-order valence-corrected chi connectivity index (χ4v) is 4.84. The Balaban J connectivity index is 1.66. The van der Waals surface area contributed by atoms with E-state index >= 15 is 0 Å². The summed E-state index contributed by atoms with van der Waals surface area (Å²) >= 11 is 1.33. The predicted molar refractivity (Wildman–Crippen MR) is 123 cm³/mol. The minimum Gasteiger partial charge on any atom is -0.494 e. The van der Waals surface area contributed by atoms with Gasteiger partial charge in [0.2, 0.25) is 0 Å². The predicted octanol–water partition coefficient (Wildman–Crippen LogP) is 3.54. The van der Waals surface area contributed by atoms with Crippen molar-refractivity contribution in [3.63, 3.8) is 0 Å². The van der Waals surface area contributed by atoms with Crippen LogP contribution in [0.5, 0.6) is 5.75 Å². The minimum absolute atomic E-state index is 0.230. The maximum atomic E-state index is 12.5. The molecule has 1 aromatic heterocycles. The maximum absolute atomic E-state index is 12.5. The van der Waals surface area contributed by atoms with Crippen molar-refractivity contribution in [3.05, 3.63) is 45.8 Å². The summed E-state index contributed by atoms with van der Waals surface area (Å²) in [6.45, 7) is 6.59. The van der Waals surface area contributed by atoms with Gasteiger partial charge in [-0.15, -0.1) is 11.3 Å². The Morgan fingerprint density at radius 3 is 2.59 bits per heavy atom. The van der Waals surface area contributed by atoms with Gasteiger partial charge in [-0.05, 0) is 74.4 Å². The lowest BCUT2D eigenvalue weighted by Crippen LogP contribution is -2.32. The van der Waals surface area contributed by atoms with Crippen molar-refractivity contribution < 1.29 is 23.9 Å². The van der Waals surface area contributed by atoms with E-state index in [-0.39, 0.29) is 6.61 Å². The van der Waals surface area contributed by atoms with Crippen molar-refractivity contribution in [2.24, 2.45) is 11.0 Å². The second kappa shape index (κ2) is 10.9. The quantitative estimate of drug-likeness (QED) is 0.286. The largest absolute Gasteiger partial charge is 0.494 e. The molecule has 1 aliphatic rings. The third-order valence-electron chi connectivity index (χ3n) is 5.00. The molecule has 0 unspecified atom stereocenters. The second-order valence-corrected chi connectivity index (χ2v) is 8.54. The summed E-state index contributed by atoms with van der Waals surface area (Å²) in [4.78, 5) is 38.2. The molecule has 1 atom stereocenters. The summed E-state index contributed by atoms with van der Waals surface area (Å²) in [5.74, 6) is -1.07. The third kappa shape index (κ3) is 5.73. The van der Waals surface area contributed by atoms with Crippen molar-refractivity contribution in [2.45, 2.75) is 40.0 Å². The van der Waals surface area contributed by atoms with Crippen LogP contribution in [-0.4, -0.2) is 37.2 Å². The molecule has 1 aliphatic carbocycles. The van der Waals surface area contributed by atoms with Crippen LogP contribution in [0.3, 0.4) is 0 Å². The van der Waals surface area contributed by atoms with E-state index in [1.165, 1.54) is 17.6 Å². The summed E-state index contributed by atoms with van der Waals surface area (Å²) in [7, 11) is 0. The van der Waals surface area contributed by atoms with Crippen LogP contribution >= 0.6 is 11.3 Å². The van der Waals surface area contributed by atoms with Crippen LogP contribution in [0.4, 0.5) is 5.00 Å². The summed E-state index contributed by atoms with van der Waals surface area (Å²) in [5, 5.41) is 6.74. The number of hydrogen-bond acceptors (Lipinski definition) is 7. The topological polar surface area (TPSA) is 106 Å². The molecule has 32 heavy (non-hydrogen) atoms. The van der Waals surface area contributed by atoms with E-state index in [4.69, 9.17) is 9.47 Å². The number of hydrogen-bond donors (Lipinski definition) is 2. The Hall–Kier alpha value is -3.20. The van der Waals surface area contributed by atoms with Gasteiger partial charge in [-0.3, -0.25) is 9.59 Å². The van der Waals surface area contributed by atoms with Gasteiger partial charge in [0.05, 0.1) is 25.0 Å². The molecule has 0 spiro atoms. The molecule has 0 saturated carbocycles. The highest BCUT2D eigenvalue weighted by atomic mass is 32.1. The smallest absolute Gasteiger partial charge is 0.341 e. The maximum Gasteiger partial charge on any atom is 0.341 e. The van der Waals surface area contributed by atoms with Gasteiger partial charge < -0.3 is 14.8 Å². The Labute approximate surface area is 191 Å². The van der Waals surface area contributed by atoms with Gasteiger partial charge >= 0.3 is 17.8 Å². The average Bonchev–Trinajstić information content (AvgIpc) is 3.12. The fraction of sp³-hybridized carbons (Fsp3) is 0.391. The van der Waals surface area contributed by atoms with Crippen molar-refractivity contribution in [1.82, 2.24) is 5.43 Å². The molecule has 3 rings (SSSR count). The minimum atomic E-state index is -0.929. The van der Waals surface area contributed by atoms with E-state index in [0.29, 0.717) is 23.1 Å². The van der Waals surface area contributed by atoms with Crippen molar-refractivity contribution >= 4 is 40.3 Å². The number of hydrazone groups is 1. The number of ether oxygens (including phenoxy) is 2. The molecule has 0 radical (unpaired) electrons. The number of fused-ring (bicyclic) bond motifs is 1. The number of rotatable bonds is 7. The Bertz CT molecular complexity index is 1010. The number of thiophene rings is 1. The third-order valence-corrected chi connectivity index (χ3v) is 6.17. The highest BCUT2D eigenvalue weighted by molar-refractivity contribution is 7.17. The lowest BCUT2D eigenvalue weighted by Gasteiger charge is -2.18. The molecule has 0 aliphatic heterocycles. The van der Waals surface area contributed by atoms with Gasteiger partial charge in [-0.25, -0.2) is 10.2 Å². The van der Waals surface area contributed by atoms with Crippen LogP contribution in [-0.2, 0) is 27.2 Å². The SMILES string of the molecule is CCOC(=O)c1c(NC(=O)C(=O)N/N=C\c2ccc(OCC)cc2)sc2c1CC[C@@H](C)C2. The molecule has 0 bridgehead atoms. The molecule has 1 heterocycles. The van der Waals surface area contributed by atoms with E-state index in [1.807, 2.05) is 6.92 Å².